The minimum Gasteiger partial charge on any atom is -0.334 e. The summed E-state index contributed by atoms with van der Waals surface area (Å²) in [5.41, 5.74) is -4.98. The molecule has 1 aromatic rings. The zero-order valence-electron chi connectivity index (χ0n) is 11.4. The van der Waals surface area contributed by atoms with Crippen molar-refractivity contribution in [2.45, 2.75) is 28.8 Å². The highest BCUT2D eigenvalue weighted by molar-refractivity contribution is 8.00. The number of halogens is 3. The molecule has 1 amide bonds. The fourth-order valence-electron chi connectivity index (χ4n) is 2.08. The van der Waals surface area contributed by atoms with Crippen LogP contribution in [0.2, 0.25) is 0 Å². The molecule has 0 atom stereocenters. The van der Waals surface area contributed by atoms with Crippen molar-refractivity contribution >= 4 is 29.4 Å². The fraction of sp³-hybridized carbons (Fsp3) is 0.429. The van der Waals surface area contributed by atoms with Gasteiger partial charge in [0.1, 0.15) is 5.54 Å². The molecule has 0 spiro atoms. The molecular formula is C14H13F3N2OS2. The topological polar surface area (TPSA) is 52.9 Å². The molecule has 0 radical (unpaired) electrons. The Kier molecular flexibility index (Phi) is 5.29. The summed E-state index contributed by atoms with van der Waals surface area (Å²) in [4.78, 5) is 12.2. The molecule has 8 heteroatoms. The number of hydrogen-bond donors (Lipinski definition) is 1. The number of nitrogens with zero attached hydrogens (tertiary/aromatic N) is 1. The lowest BCUT2D eigenvalue weighted by Crippen LogP contribution is -2.49. The van der Waals surface area contributed by atoms with Crippen molar-refractivity contribution in [1.82, 2.24) is 5.32 Å². The Labute approximate surface area is 134 Å². The van der Waals surface area contributed by atoms with Crippen LogP contribution in [0.5, 0.6) is 0 Å². The first kappa shape index (κ1) is 17.0. The van der Waals surface area contributed by atoms with Gasteiger partial charge in [0.05, 0.1) is 6.07 Å². The minimum atomic E-state index is -4.35. The summed E-state index contributed by atoms with van der Waals surface area (Å²) >= 11 is 1.50. The average Bonchev–Trinajstić information content (AvgIpc) is 2.47. The first-order valence-corrected chi connectivity index (χ1v) is 8.48. The second-order valence-corrected chi connectivity index (χ2v) is 7.20. The van der Waals surface area contributed by atoms with Crippen LogP contribution in [0.15, 0.2) is 29.2 Å². The summed E-state index contributed by atoms with van der Waals surface area (Å²) in [5, 5.41) is 12.0. The van der Waals surface area contributed by atoms with Crippen LogP contribution >= 0.6 is 23.5 Å². The normalized spacial score (nSPS) is 17.5. The van der Waals surface area contributed by atoms with Crippen molar-refractivity contribution < 1.29 is 18.0 Å². The van der Waals surface area contributed by atoms with Gasteiger partial charge in [-0.1, -0.05) is 0 Å². The first-order chi connectivity index (χ1) is 10.3. The van der Waals surface area contributed by atoms with Gasteiger partial charge in [0.15, 0.2) is 0 Å². The summed E-state index contributed by atoms with van der Waals surface area (Å²) in [6.45, 7) is 0. The lowest BCUT2D eigenvalue weighted by molar-refractivity contribution is -0.0328. The van der Waals surface area contributed by atoms with E-state index in [1.165, 1.54) is 24.3 Å². The van der Waals surface area contributed by atoms with E-state index in [1.54, 1.807) is 11.8 Å². The molecule has 1 aliphatic heterocycles. The molecule has 0 saturated carbocycles. The summed E-state index contributed by atoms with van der Waals surface area (Å²) < 4.78 is 36.8. The number of carbonyl (C=O) groups excluding carboxylic acids is 1. The number of alkyl halides is 3. The molecule has 0 unspecified atom stereocenters. The van der Waals surface area contributed by atoms with Gasteiger partial charge >= 0.3 is 5.51 Å². The molecule has 1 fully saturated rings. The van der Waals surface area contributed by atoms with Gasteiger partial charge in [0.2, 0.25) is 0 Å². The van der Waals surface area contributed by atoms with Crippen LogP contribution in [-0.4, -0.2) is 28.5 Å². The quantitative estimate of drug-likeness (QED) is 0.846. The number of nitrogens with one attached hydrogen (secondary N) is 1. The molecule has 1 saturated heterocycles. The lowest BCUT2D eigenvalue weighted by Gasteiger charge is -2.31. The second-order valence-electron chi connectivity index (χ2n) is 4.83. The molecule has 1 N–H and O–H groups in total. The molecule has 22 heavy (non-hydrogen) atoms. The van der Waals surface area contributed by atoms with Crippen molar-refractivity contribution in [3.63, 3.8) is 0 Å². The Morgan fingerprint density at radius 2 is 1.86 bits per heavy atom. The third-order valence-electron chi connectivity index (χ3n) is 3.26. The van der Waals surface area contributed by atoms with Gasteiger partial charge in [0.25, 0.3) is 5.91 Å². The lowest BCUT2D eigenvalue weighted by atomic mass is 9.93. The highest BCUT2D eigenvalue weighted by Gasteiger charge is 2.34. The Hall–Kier alpha value is -1.33. The van der Waals surface area contributed by atoms with Gasteiger partial charge in [-0.15, -0.1) is 0 Å². The van der Waals surface area contributed by atoms with Gasteiger partial charge in [-0.25, -0.2) is 0 Å². The molecule has 0 aliphatic carbocycles. The monoisotopic (exact) mass is 346 g/mol. The predicted molar refractivity (Wildman–Crippen MR) is 80.7 cm³/mol. The standard InChI is InChI=1S/C14H13F3N2OS2/c15-14(16,17)22-11-3-1-10(2-4-11)12(20)19-13(9-18)5-7-21-8-6-13/h1-4H,5-8H2,(H,19,20). The van der Waals surface area contributed by atoms with Gasteiger partial charge in [-0.2, -0.15) is 30.2 Å². The Balaban J connectivity index is 2.05. The van der Waals surface area contributed by atoms with E-state index in [2.05, 4.69) is 11.4 Å². The van der Waals surface area contributed by atoms with Crippen molar-refractivity contribution in [2.75, 3.05) is 11.5 Å². The number of hydrogen-bond acceptors (Lipinski definition) is 4. The fourth-order valence-corrected chi connectivity index (χ4v) is 3.81. The summed E-state index contributed by atoms with van der Waals surface area (Å²) in [6.07, 6.45) is 1.14. The number of rotatable bonds is 3. The van der Waals surface area contributed by atoms with Crippen molar-refractivity contribution in [2.24, 2.45) is 0 Å². The number of benzene rings is 1. The van der Waals surface area contributed by atoms with Crippen molar-refractivity contribution in [3.8, 4) is 6.07 Å². The minimum absolute atomic E-state index is 0.0214. The second kappa shape index (κ2) is 6.84. The van der Waals surface area contributed by atoms with E-state index >= 15 is 0 Å². The van der Waals surface area contributed by atoms with Crippen LogP contribution in [0.25, 0.3) is 0 Å². The smallest absolute Gasteiger partial charge is 0.334 e. The Bertz CT molecular complexity index is 575. The Morgan fingerprint density at radius 3 is 2.36 bits per heavy atom. The molecule has 3 nitrogen and oxygen atoms in total. The molecule has 2 rings (SSSR count). The molecule has 0 aromatic heterocycles. The molecule has 1 heterocycles. The molecular weight excluding hydrogens is 333 g/mol. The number of thioether (sulfide) groups is 2. The largest absolute Gasteiger partial charge is 0.446 e. The predicted octanol–water partition coefficient (Wildman–Crippen LogP) is 3.82. The first-order valence-electron chi connectivity index (χ1n) is 6.51. The van der Waals surface area contributed by atoms with Crippen LogP contribution in [0.4, 0.5) is 13.2 Å². The highest BCUT2D eigenvalue weighted by atomic mass is 32.2. The zero-order valence-corrected chi connectivity index (χ0v) is 13.1. The van der Waals surface area contributed by atoms with E-state index in [4.69, 9.17) is 0 Å². The van der Waals surface area contributed by atoms with Crippen molar-refractivity contribution in [1.29, 1.82) is 5.26 Å². The summed E-state index contributed by atoms with van der Waals surface area (Å²) in [7, 11) is 0. The van der Waals surface area contributed by atoms with Crippen LogP contribution in [0.3, 0.4) is 0 Å². The van der Waals surface area contributed by atoms with Gasteiger partial charge in [0, 0.05) is 10.5 Å². The number of nitriles is 1. The van der Waals surface area contributed by atoms with E-state index in [9.17, 15) is 23.2 Å². The highest BCUT2D eigenvalue weighted by Crippen LogP contribution is 2.36. The van der Waals surface area contributed by atoms with Gasteiger partial charge < -0.3 is 5.32 Å². The molecule has 1 aromatic carbocycles. The average molecular weight is 346 g/mol. The zero-order chi connectivity index (χ0) is 16.2. The Morgan fingerprint density at radius 1 is 1.27 bits per heavy atom. The molecule has 118 valence electrons. The maximum atomic E-state index is 12.3. The van der Waals surface area contributed by atoms with Gasteiger partial charge in [-0.05, 0) is 60.4 Å². The molecule has 1 aliphatic rings. The van der Waals surface area contributed by atoms with E-state index in [-0.39, 0.29) is 22.2 Å². The molecule has 0 bridgehead atoms. The van der Waals surface area contributed by atoms with E-state index in [0.29, 0.717) is 12.8 Å². The third-order valence-corrected chi connectivity index (χ3v) is 4.99. The van der Waals surface area contributed by atoms with E-state index < -0.39 is 17.0 Å². The third kappa shape index (κ3) is 4.58. The number of carbonyl (C=O) groups is 1. The maximum absolute atomic E-state index is 12.3. The van der Waals surface area contributed by atoms with Crippen LogP contribution in [0.1, 0.15) is 23.2 Å². The van der Waals surface area contributed by atoms with Gasteiger partial charge in [-0.3, -0.25) is 4.79 Å². The van der Waals surface area contributed by atoms with Crippen LogP contribution in [-0.2, 0) is 0 Å². The van der Waals surface area contributed by atoms with E-state index in [0.717, 1.165) is 11.5 Å². The maximum Gasteiger partial charge on any atom is 0.446 e. The summed E-state index contributed by atoms with van der Waals surface area (Å²) in [5.74, 6) is 1.17. The number of amides is 1. The SMILES string of the molecule is N#CC1(NC(=O)c2ccc(SC(F)(F)F)cc2)CCSCC1. The van der Waals surface area contributed by atoms with E-state index in [1.807, 2.05) is 0 Å². The summed E-state index contributed by atoms with van der Waals surface area (Å²) in [6, 6.07) is 7.35. The van der Waals surface area contributed by atoms with Crippen LogP contribution < -0.4 is 5.32 Å². The van der Waals surface area contributed by atoms with Crippen molar-refractivity contribution in [3.05, 3.63) is 29.8 Å². The van der Waals surface area contributed by atoms with Crippen LogP contribution in [0, 0.1) is 11.3 Å².